The molecule has 0 bridgehead atoms. The molecule has 0 fully saturated rings. The summed E-state index contributed by atoms with van der Waals surface area (Å²) in [5, 5.41) is 0. The van der Waals surface area contributed by atoms with E-state index in [0.29, 0.717) is 0 Å². The first-order valence-corrected chi connectivity index (χ1v) is 6.13. The van der Waals surface area contributed by atoms with Gasteiger partial charge in [-0.05, 0) is 25.3 Å². The summed E-state index contributed by atoms with van der Waals surface area (Å²) in [6.07, 6.45) is 20.1. The van der Waals surface area contributed by atoms with Crippen molar-refractivity contribution in [2.75, 3.05) is 0 Å². The zero-order valence-corrected chi connectivity index (χ0v) is 9.89. The molecule has 0 aliphatic carbocycles. The predicted octanol–water partition coefficient (Wildman–Crippen LogP) is 5.06. The van der Waals surface area contributed by atoms with Gasteiger partial charge in [0.25, 0.3) is 0 Å². The van der Waals surface area contributed by atoms with Crippen molar-refractivity contribution in [3.8, 4) is 0 Å². The number of hydrogen-bond donors (Lipinski definition) is 0. The molecule has 0 heteroatoms. The quantitative estimate of drug-likeness (QED) is 0.354. The topological polar surface area (TPSA) is 0 Å². The van der Waals surface area contributed by atoms with Crippen LogP contribution in [-0.4, -0.2) is 0 Å². The van der Waals surface area contributed by atoms with Crippen molar-refractivity contribution in [3.63, 3.8) is 0 Å². The Labute approximate surface area is 90.1 Å². The smallest absolute Gasteiger partial charge is 0.0279 e. The molecule has 0 atom stereocenters. The maximum Gasteiger partial charge on any atom is -0.0279 e. The standard InChI is InChI=1S/C14H25/c1-3-5-7-9-11-13-14-12-10-8-6-4-2/h10,12,14H,3-7,9,11,13H2,1-2H3/b10-8?,14-12+. The van der Waals surface area contributed by atoms with E-state index in [1.54, 1.807) is 0 Å². The Morgan fingerprint density at radius 3 is 2.43 bits per heavy atom. The largest absolute Gasteiger partial charge is 0.0845 e. The summed E-state index contributed by atoms with van der Waals surface area (Å²) in [5.41, 5.74) is 0. The lowest BCUT2D eigenvalue weighted by molar-refractivity contribution is 0.637. The third kappa shape index (κ3) is 11.5. The lowest BCUT2D eigenvalue weighted by Gasteiger charge is -1.95. The third-order valence-electron chi connectivity index (χ3n) is 2.22. The number of rotatable bonds is 9. The second-order valence-corrected chi connectivity index (χ2v) is 3.75. The molecule has 1 radical (unpaired) electrons. The first-order chi connectivity index (χ1) is 6.91. The summed E-state index contributed by atoms with van der Waals surface area (Å²) in [4.78, 5) is 0. The monoisotopic (exact) mass is 193 g/mol. The van der Waals surface area contributed by atoms with Gasteiger partial charge in [0, 0.05) is 0 Å². The Bertz CT molecular complexity index is 142. The molecule has 0 rings (SSSR count). The van der Waals surface area contributed by atoms with E-state index in [0.717, 1.165) is 6.42 Å². The summed E-state index contributed by atoms with van der Waals surface area (Å²) in [7, 11) is 0. The summed E-state index contributed by atoms with van der Waals surface area (Å²) in [6.45, 7) is 4.44. The summed E-state index contributed by atoms with van der Waals surface area (Å²) in [6, 6.07) is 0. The van der Waals surface area contributed by atoms with Crippen molar-refractivity contribution in [1.29, 1.82) is 0 Å². The van der Waals surface area contributed by atoms with Crippen LogP contribution in [0.3, 0.4) is 0 Å². The lowest BCUT2D eigenvalue weighted by atomic mass is 10.1. The number of unbranched alkanes of at least 4 members (excludes halogenated alkanes) is 6. The molecule has 0 aliphatic heterocycles. The minimum atomic E-state index is 1.08. The van der Waals surface area contributed by atoms with E-state index in [4.69, 9.17) is 0 Å². The summed E-state index contributed by atoms with van der Waals surface area (Å²) in [5.74, 6) is 0. The van der Waals surface area contributed by atoms with Gasteiger partial charge in [-0.25, -0.2) is 0 Å². The van der Waals surface area contributed by atoms with Crippen LogP contribution in [0.15, 0.2) is 18.2 Å². The van der Waals surface area contributed by atoms with E-state index in [-0.39, 0.29) is 0 Å². The Hall–Kier alpha value is -0.520. The van der Waals surface area contributed by atoms with E-state index in [9.17, 15) is 0 Å². The van der Waals surface area contributed by atoms with E-state index >= 15 is 0 Å². The molecule has 0 amide bonds. The van der Waals surface area contributed by atoms with Gasteiger partial charge >= 0.3 is 0 Å². The molecule has 0 aromatic carbocycles. The van der Waals surface area contributed by atoms with Gasteiger partial charge in [0.15, 0.2) is 0 Å². The third-order valence-corrected chi connectivity index (χ3v) is 2.22. The molecule has 0 heterocycles. The second kappa shape index (κ2) is 12.5. The van der Waals surface area contributed by atoms with Crippen molar-refractivity contribution < 1.29 is 0 Å². The molecule has 0 spiro atoms. The van der Waals surface area contributed by atoms with Crippen molar-refractivity contribution in [2.24, 2.45) is 0 Å². The molecule has 0 unspecified atom stereocenters. The van der Waals surface area contributed by atoms with Crippen molar-refractivity contribution in [3.05, 3.63) is 24.3 Å². The van der Waals surface area contributed by atoms with Crippen LogP contribution < -0.4 is 0 Å². The Morgan fingerprint density at radius 1 is 0.929 bits per heavy atom. The molecule has 0 saturated heterocycles. The lowest BCUT2D eigenvalue weighted by Crippen LogP contribution is -1.75. The first-order valence-electron chi connectivity index (χ1n) is 6.13. The molecule has 81 valence electrons. The van der Waals surface area contributed by atoms with E-state index in [2.05, 4.69) is 38.2 Å². The van der Waals surface area contributed by atoms with Crippen molar-refractivity contribution in [1.82, 2.24) is 0 Å². The molecule has 0 aliphatic rings. The van der Waals surface area contributed by atoms with Gasteiger partial charge in [-0.3, -0.25) is 0 Å². The second-order valence-electron chi connectivity index (χ2n) is 3.75. The van der Waals surface area contributed by atoms with Crippen LogP contribution in [0.5, 0.6) is 0 Å². The summed E-state index contributed by atoms with van der Waals surface area (Å²) >= 11 is 0. The van der Waals surface area contributed by atoms with E-state index in [1.807, 2.05) is 0 Å². The van der Waals surface area contributed by atoms with Crippen LogP contribution in [0, 0.1) is 6.08 Å². The molecule has 0 N–H and O–H groups in total. The van der Waals surface area contributed by atoms with Gasteiger partial charge in [0.2, 0.25) is 0 Å². The fourth-order valence-electron chi connectivity index (χ4n) is 1.33. The molecule has 0 aromatic rings. The van der Waals surface area contributed by atoms with E-state index < -0.39 is 0 Å². The molecule has 0 saturated carbocycles. The Morgan fingerprint density at radius 2 is 1.71 bits per heavy atom. The number of hydrogen-bond acceptors (Lipinski definition) is 0. The van der Waals surface area contributed by atoms with Crippen molar-refractivity contribution in [2.45, 2.75) is 65.2 Å². The minimum Gasteiger partial charge on any atom is -0.0845 e. The highest BCUT2D eigenvalue weighted by molar-refractivity contribution is 4.98. The van der Waals surface area contributed by atoms with Crippen LogP contribution in [0.2, 0.25) is 0 Å². The van der Waals surface area contributed by atoms with Gasteiger partial charge in [0.05, 0.1) is 0 Å². The first kappa shape index (κ1) is 13.5. The zero-order chi connectivity index (χ0) is 10.5. The van der Waals surface area contributed by atoms with Gasteiger partial charge in [-0.2, -0.15) is 0 Å². The van der Waals surface area contributed by atoms with Crippen LogP contribution in [-0.2, 0) is 0 Å². The summed E-state index contributed by atoms with van der Waals surface area (Å²) < 4.78 is 0. The highest BCUT2D eigenvalue weighted by atomic mass is 13.9. The van der Waals surface area contributed by atoms with Gasteiger partial charge in [-0.1, -0.05) is 64.2 Å². The fraction of sp³-hybridized carbons (Fsp3) is 0.714. The molecule has 0 nitrogen and oxygen atoms in total. The Kier molecular flexibility index (Phi) is 12.0. The maximum atomic E-state index is 3.23. The minimum absolute atomic E-state index is 1.08. The zero-order valence-electron chi connectivity index (χ0n) is 9.89. The average Bonchev–Trinajstić information content (AvgIpc) is 2.21. The van der Waals surface area contributed by atoms with Crippen LogP contribution >= 0.6 is 0 Å². The highest BCUT2D eigenvalue weighted by Gasteiger charge is 1.85. The predicted molar refractivity (Wildman–Crippen MR) is 65.2 cm³/mol. The number of allylic oxidation sites excluding steroid dienone is 4. The van der Waals surface area contributed by atoms with Crippen LogP contribution in [0.25, 0.3) is 0 Å². The van der Waals surface area contributed by atoms with Crippen LogP contribution in [0.1, 0.15) is 65.2 Å². The molecular weight excluding hydrogens is 168 g/mol. The van der Waals surface area contributed by atoms with Gasteiger partial charge in [-0.15, -0.1) is 0 Å². The fourth-order valence-corrected chi connectivity index (χ4v) is 1.33. The van der Waals surface area contributed by atoms with Crippen LogP contribution in [0.4, 0.5) is 0 Å². The van der Waals surface area contributed by atoms with Gasteiger partial charge < -0.3 is 0 Å². The highest BCUT2D eigenvalue weighted by Crippen LogP contribution is 2.05. The van der Waals surface area contributed by atoms with Crippen molar-refractivity contribution >= 4 is 0 Å². The molecule has 0 aromatic heterocycles. The maximum absolute atomic E-state index is 3.23. The van der Waals surface area contributed by atoms with Gasteiger partial charge in [0.1, 0.15) is 0 Å². The SMILES string of the molecule is CCC/[C]=C\C=C\CCCCCCC. The Balaban J connectivity index is 3.10. The molecule has 14 heavy (non-hydrogen) atoms. The van der Waals surface area contributed by atoms with E-state index in [1.165, 1.54) is 44.9 Å². The molecular formula is C14H25. The normalized spacial score (nSPS) is 11.9. The average molecular weight is 193 g/mol.